The van der Waals surface area contributed by atoms with Gasteiger partial charge in [-0.3, -0.25) is 9.59 Å². The van der Waals surface area contributed by atoms with Gasteiger partial charge >= 0.3 is 0 Å². The van der Waals surface area contributed by atoms with E-state index in [9.17, 15) is 9.59 Å². The number of para-hydroxylation sites is 1. The molecule has 0 amide bonds. The molecule has 31 heavy (non-hydrogen) atoms. The lowest BCUT2D eigenvalue weighted by atomic mass is 10.0. The highest BCUT2D eigenvalue weighted by Crippen LogP contribution is 2.24. The summed E-state index contributed by atoms with van der Waals surface area (Å²) in [5.41, 5.74) is 3.10. The zero-order valence-electron chi connectivity index (χ0n) is 16.4. The van der Waals surface area contributed by atoms with E-state index < -0.39 is 11.6 Å². The molecule has 5 aromatic rings. The van der Waals surface area contributed by atoms with Gasteiger partial charge in [-0.05, 0) is 48.0 Å². The Bertz CT molecular complexity index is 1450. The quantitative estimate of drug-likeness (QED) is 0.267. The van der Waals surface area contributed by atoms with Crippen LogP contribution in [0.15, 0.2) is 85.1 Å². The summed E-state index contributed by atoms with van der Waals surface area (Å²) in [6, 6.07) is 26.8. The lowest BCUT2D eigenvalue weighted by Crippen LogP contribution is -2.15. The highest BCUT2D eigenvalue weighted by Gasteiger charge is 2.24. The van der Waals surface area contributed by atoms with Gasteiger partial charge in [0.1, 0.15) is 5.69 Å². The molecule has 0 saturated heterocycles. The van der Waals surface area contributed by atoms with Gasteiger partial charge in [-0.15, -0.1) is 0 Å². The fourth-order valence-electron chi connectivity index (χ4n) is 3.72. The van der Waals surface area contributed by atoms with Crippen LogP contribution in [0, 0.1) is 6.07 Å². The number of rotatable bonds is 5. The van der Waals surface area contributed by atoms with Crippen LogP contribution < -0.4 is 0 Å². The number of hydrogen-bond acceptors (Lipinski definition) is 3. The van der Waals surface area contributed by atoms with E-state index in [0.717, 1.165) is 21.9 Å². The number of carbonyl (C=O) groups is 2. The van der Waals surface area contributed by atoms with E-state index in [-0.39, 0.29) is 5.69 Å². The van der Waals surface area contributed by atoms with Crippen molar-refractivity contribution < 1.29 is 9.59 Å². The minimum absolute atomic E-state index is 0.137. The lowest BCUT2D eigenvalue weighted by molar-refractivity contribution is 0.0815. The molecule has 0 atom stereocenters. The fraction of sp³-hybridized carbons (Fsp3) is 0.0385. The van der Waals surface area contributed by atoms with Gasteiger partial charge in [0.05, 0.1) is 11.1 Å². The molecule has 0 spiro atoms. The minimum atomic E-state index is -0.621. The third kappa shape index (κ3) is 3.62. The normalized spacial score (nSPS) is 11.1. The topological polar surface area (TPSA) is 52.0 Å². The predicted octanol–water partition coefficient (Wildman–Crippen LogP) is 5.76. The second-order valence-corrected chi connectivity index (χ2v) is 7.72. The number of nitrogens with zero attached hydrogens (tertiary/aromatic N) is 2. The number of fused-ring (bicyclic) bond motifs is 2. The van der Waals surface area contributed by atoms with Crippen LogP contribution in [0.1, 0.15) is 26.4 Å². The van der Waals surface area contributed by atoms with Crippen molar-refractivity contribution >= 4 is 45.0 Å². The Hall–Kier alpha value is -3.76. The van der Waals surface area contributed by atoms with Crippen LogP contribution in [-0.2, 0) is 6.54 Å². The summed E-state index contributed by atoms with van der Waals surface area (Å²) in [6.07, 6.45) is 1.75. The number of hydrogen-bond donors (Lipinski definition) is 0. The monoisotopic (exact) mass is 423 g/mol. The van der Waals surface area contributed by atoms with Crippen LogP contribution >= 0.6 is 11.6 Å². The molecule has 5 rings (SSSR count). The Labute approximate surface area is 183 Å². The Morgan fingerprint density at radius 3 is 2.58 bits per heavy atom. The summed E-state index contributed by atoms with van der Waals surface area (Å²) in [7, 11) is 0. The largest absolute Gasteiger partial charge is 0.342 e. The first kappa shape index (κ1) is 19.2. The third-order valence-electron chi connectivity index (χ3n) is 5.27. The molecule has 4 nitrogen and oxygen atoms in total. The molecule has 149 valence electrons. The van der Waals surface area contributed by atoms with Gasteiger partial charge in [-0.25, -0.2) is 4.98 Å². The van der Waals surface area contributed by atoms with Crippen molar-refractivity contribution in [1.82, 2.24) is 9.55 Å². The summed E-state index contributed by atoms with van der Waals surface area (Å²) in [5.74, 6) is -1.19. The maximum Gasteiger partial charge on any atom is 0.251 e. The molecule has 0 fully saturated rings. The lowest BCUT2D eigenvalue weighted by Gasteiger charge is -2.05. The SMILES string of the molecule is O=C(C(=O)c1cn(Cc2ccc(Cl)cc2)c2ccccc12)c1ccc2c[c]ccc2n1. The highest BCUT2D eigenvalue weighted by atomic mass is 35.5. The average Bonchev–Trinajstić information content (AvgIpc) is 3.17. The van der Waals surface area contributed by atoms with Crippen LogP contribution in [0.2, 0.25) is 5.02 Å². The van der Waals surface area contributed by atoms with Gasteiger partial charge in [0.2, 0.25) is 5.78 Å². The molecule has 0 unspecified atom stereocenters. The van der Waals surface area contributed by atoms with Gasteiger partial charge < -0.3 is 4.57 Å². The molecule has 5 heteroatoms. The van der Waals surface area contributed by atoms with E-state index in [0.29, 0.717) is 22.6 Å². The van der Waals surface area contributed by atoms with Crippen molar-refractivity contribution in [3.8, 4) is 0 Å². The molecule has 0 saturated carbocycles. The molecule has 0 N–H and O–H groups in total. The molecule has 3 aromatic carbocycles. The number of benzene rings is 3. The molecular weight excluding hydrogens is 408 g/mol. The molecule has 2 aromatic heterocycles. The van der Waals surface area contributed by atoms with Gasteiger partial charge in [-0.1, -0.05) is 54.1 Å². The standard InChI is InChI=1S/C26H16ClN2O2/c27-19-12-9-17(10-13-19)15-29-16-21(20-6-2-4-8-24(20)29)25(30)26(31)23-14-11-18-5-1-3-7-22(18)28-23/h2-14,16H,15H2. The van der Waals surface area contributed by atoms with Gasteiger partial charge in [0.25, 0.3) is 5.78 Å². The van der Waals surface area contributed by atoms with Gasteiger partial charge in [0, 0.05) is 34.1 Å². The van der Waals surface area contributed by atoms with Crippen LogP contribution in [0.25, 0.3) is 21.8 Å². The Morgan fingerprint density at radius 2 is 1.74 bits per heavy atom. The zero-order chi connectivity index (χ0) is 21.4. The number of Topliss-reactive ketones (excluding diaryl/α,β-unsaturated/α-hetero) is 2. The molecule has 0 bridgehead atoms. The van der Waals surface area contributed by atoms with E-state index in [1.54, 1.807) is 36.5 Å². The maximum absolute atomic E-state index is 13.2. The van der Waals surface area contributed by atoms with Crippen LogP contribution in [-0.4, -0.2) is 21.1 Å². The second-order valence-electron chi connectivity index (χ2n) is 7.29. The summed E-state index contributed by atoms with van der Waals surface area (Å²) in [6.45, 7) is 0.559. The van der Waals surface area contributed by atoms with Crippen molar-refractivity contribution in [1.29, 1.82) is 0 Å². The second kappa shape index (κ2) is 7.82. The van der Waals surface area contributed by atoms with Crippen molar-refractivity contribution in [2.24, 2.45) is 0 Å². The molecular formula is C26H16ClN2O2. The maximum atomic E-state index is 13.2. The van der Waals surface area contributed by atoms with Crippen molar-refractivity contribution in [3.05, 3.63) is 113 Å². The Balaban J connectivity index is 1.53. The van der Waals surface area contributed by atoms with Gasteiger partial charge in [0.15, 0.2) is 0 Å². The number of aromatic nitrogens is 2. The minimum Gasteiger partial charge on any atom is -0.342 e. The summed E-state index contributed by atoms with van der Waals surface area (Å²) in [4.78, 5) is 30.5. The average molecular weight is 424 g/mol. The zero-order valence-corrected chi connectivity index (χ0v) is 17.1. The Kier molecular flexibility index (Phi) is 4.85. The Morgan fingerprint density at radius 1 is 0.935 bits per heavy atom. The first-order chi connectivity index (χ1) is 15.1. The third-order valence-corrected chi connectivity index (χ3v) is 5.52. The number of pyridine rings is 1. The summed E-state index contributed by atoms with van der Waals surface area (Å²) < 4.78 is 1.97. The summed E-state index contributed by atoms with van der Waals surface area (Å²) in [5, 5.41) is 2.28. The van der Waals surface area contributed by atoms with Crippen LogP contribution in [0.3, 0.4) is 0 Å². The van der Waals surface area contributed by atoms with E-state index in [1.165, 1.54) is 0 Å². The van der Waals surface area contributed by atoms with Crippen LogP contribution in [0.5, 0.6) is 0 Å². The number of ketones is 2. The van der Waals surface area contributed by atoms with Crippen molar-refractivity contribution in [2.45, 2.75) is 6.54 Å². The van der Waals surface area contributed by atoms with Gasteiger partial charge in [-0.2, -0.15) is 0 Å². The van der Waals surface area contributed by atoms with E-state index in [4.69, 9.17) is 11.6 Å². The molecule has 1 radical (unpaired) electrons. The number of carbonyl (C=O) groups excluding carboxylic acids is 2. The van der Waals surface area contributed by atoms with Crippen molar-refractivity contribution in [3.63, 3.8) is 0 Å². The first-order valence-corrected chi connectivity index (χ1v) is 10.2. The van der Waals surface area contributed by atoms with E-state index in [2.05, 4.69) is 11.1 Å². The fourth-order valence-corrected chi connectivity index (χ4v) is 3.84. The molecule has 0 aliphatic rings. The predicted molar refractivity (Wildman–Crippen MR) is 122 cm³/mol. The van der Waals surface area contributed by atoms with Crippen LogP contribution in [0.4, 0.5) is 0 Å². The molecule has 0 aliphatic heterocycles. The first-order valence-electron chi connectivity index (χ1n) is 9.78. The number of halogens is 1. The highest BCUT2D eigenvalue weighted by molar-refractivity contribution is 6.50. The molecule has 0 aliphatic carbocycles. The van der Waals surface area contributed by atoms with E-state index >= 15 is 0 Å². The molecule has 2 heterocycles. The van der Waals surface area contributed by atoms with Crippen molar-refractivity contribution in [2.75, 3.05) is 0 Å². The smallest absolute Gasteiger partial charge is 0.251 e. The van der Waals surface area contributed by atoms with E-state index in [1.807, 2.05) is 53.1 Å². The summed E-state index contributed by atoms with van der Waals surface area (Å²) >= 11 is 5.99.